The summed E-state index contributed by atoms with van der Waals surface area (Å²) >= 11 is 0. The molecule has 0 unspecified atom stereocenters. The van der Waals surface area contributed by atoms with Crippen LogP contribution in [0.15, 0.2) is 0 Å². The molecule has 0 aromatic carbocycles. The van der Waals surface area contributed by atoms with E-state index in [1.54, 1.807) is 0 Å². The Labute approximate surface area is 96.0 Å². The number of rotatable bonds is 9. The van der Waals surface area contributed by atoms with Crippen LogP contribution < -0.4 is 0 Å². The van der Waals surface area contributed by atoms with Crippen molar-refractivity contribution in [3.63, 3.8) is 0 Å². The van der Waals surface area contributed by atoms with Gasteiger partial charge in [0.05, 0.1) is 0 Å². The minimum Gasteiger partial charge on any atom is -0.309 e. The standard InChI is InChI=1S/C12H29N3/c1-6-15(11-7-9-13(2)3)12-8-10-14(4)5/h6-12H2,1-5H3. The first-order chi connectivity index (χ1) is 7.06. The Kier molecular flexibility index (Phi) is 9.06. The lowest BCUT2D eigenvalue weighted by Crippen LogP contribution is -2.30. The minimum atomic E-state index is 1.18. The molecule has 3 nitrogen and oxygen atoms in total. The van der Waals surface area contributed by atoms with Crippen molar-refractivity contribution in [3.05, 3.63) is 0 Å². The van der Waals surface area contributed by atoms with Gasteiger partial charge in [0, 0.05) is 0 Å². The Morgan fingerprint density at radius 1 is 0.667 bits per heavy atom. The predicted octanol–water partition coefficient (Wildman–Crippen LogP) is 1.21. The second-order valence-corrected chi connectivity index (χ2v) is 4.75. The maximum Gasteiger partial charge on any atom is -0.000666 e. The van der Waals surface area contributed by atoms with Gasteiger partial charge in [-0.05, 0) is 73.8 Å². The minimum absolute atomic E-state index is 1.18. The highest BCUT2D eigenvalue weighted by Gasteiger charge is 2.02. The van der Waals surface area contributed by atoms with Gasteiger partial charge in [-0.2, -0.15) is 0 Å². The summed E-state index contributed by atoms with van der Waals surface area (Å²) in [6.45, 7) is 8.31. The molecule has 0 spiro atoms. The van der Waals surface area contributed by atoms with Crippen LogP contribution in [0.4, 0.5) is 0 Å². The third-order valence-corrected chi connectivity index (χ3v) is 2.61. The molecule has 0 radical (unpaired) electrons. The van der Waals surface area contributed by atoms with E-state index in [1.165, 1.54) is 45.6 Å². The topological polar surface area (TPSA) is 9.72 Å². The molecule has 0 fully saturated rings. The van der Waals surface area contributed by atoms with Crippen LogP contribution in [0.1, 0.15) is 19.8 Å². The van der Waals surface area contributed by atoms with E-state index in [9.17, 15) is 0 Å². The van der Waals surface area contributed by atoms with Crippen molar-refractivity contribution in [2.24, 2.45) is 0 Å². The highest BCUT2D eigenvalue weighted by Crippen LogP contribution is 1.95. The van der Waals surface area contributed by atoms with Gasteiger partial charge in [0.25, 0.3) is 0 Å². The average molecular weight is 215 g/mol. The molecule has 0 aromatic heterocycles. The lowest BCUT2D eigenvalue weighted by Gasteiger charge is -2.22. The molecule has 0 aromatic rings. The maximum absolute atomic E-state index is 2.55. The monoisotopic (exact) mass is 215 g/mol. The lowest BCUT2D eigenvalue weighted by atomic mass is 10.3. The fraction of sp³-hybridized carbons (Fsp3) is 1.00. The van der Waals surface area contributed by atoms with Gasteiger partial charge in [0.1, 0.15) is 0 Å². The first-order valence-electron chi connectivity index (χ1n) is 6.08. The Morgan fingerprint density at radius 3 is 1.33 bits per heavy atom. The highest BCUT2D eigenvalue weighted by atomic mass is 15.1. The molecule has 3 heteroatoms. The summed E-state index contributed by atoms with van der Waals surface area (Å²) in [6.07, 6.45) is 2.56. The largest absolute Gasteiger partial charge is 0.309 e. The molecule has 0 aliphatic carbocycles. The Morgan fingerprint density at radius 2 is 1.07 bits per heavy atom. The van der Waals surface area contributed by atoms with Crippen LogP contribution in [-0.2, 0) is 0 Å². The van der Waals surface area contributed by atoms with Gasteiger partial charge < -0.3 is 14.7 Å². The molecule has 0 rings (SSSR count). The van der Waals surface area contributed by atoms with Crippen molar-refractivity contribution in [1.29, 1.82) is 0 Å². The van der Waals surface area contributed by atoms with Gasteiger partial charge in [-0.25, -0.2) is 0 Å². The maximum atomic E-state index is 2.55. The van der Waals surface area contributed by atoms with Crippen molar-refractivity contribution >= 4 is 0 Å². The third-order valence-electron chi connectivity index (χ3n) is 2.61. The molecular formula is C12H29N3. The summed E-state index contributed by atoms with van der Waals surface area (Å²) in [5, 5.41) is 0. The summed E-state index contributed by atoms with van der Waals surface area (Å²) in [7, 11) is 8.56. The van der Waals surface area contributed by atoms with Crippen LogP contribution in [0.2, 0.25) is 0 Å². The zero-order valence-electron chi connectivity index (χ0n) is 11.3. The van der Waals surface area contributed by atoms with Crippen molar-refractivity contribution in [1.82, 2.24) is 14.7 Å². The van der Waals surface area contributed by atoms with Gasteiger partial charge in [-0.1, -0.05) is 6.92 Å². The number of hydrogen-bond donors (Lipinski definition) is 0. The molecule has 0 aliphatic heterocycles. The molecular weight excluding hydrogens is 186 g/mol. The van der Waals surface area contributed by atoms with Crippen molar-refractivity contribution in [2.75, 3.05) is 60.9 Å². The van der Waals surface area contributed by atoms with Crippen LogP contribution in [0.5, 0.6) is 0 Å². The Balaban J connectivity index is 3.46. The predicted molar refractivity (Wildman–Crippen MR) is 68.5 cm³/mol. The number of nitrogens with zero attached hydrogens (tertiary/aromatic N) is 3. The van der Waals surface area contributed by atoms with E-state index in [2.05, 4.69) is 49.8 Å². The Bertz CT molecular complexity index is 121. The lowest BCUT2D eigenvalue weighted by molar-refractivity contribution is 0.251. The van der Waals surface area contributed by atoms with E-state index in [0.717, 1.165) is 0 Å². The van der Waals surface area contributed by atoms with Crippen molar-refractivity contribution in [3.8, 4) is 0 Å². The molecule has 15 heavy (non-hydrogen) atoms. The number of hydrogen-bond acceptors (Lipinski definition) is 3. The molecule has 0 aliphatic rings. The second kappa shape index (κ2) is 9.13. The van der Waals surface area contributed by atoms with Gasteiger partial charge in [-0.15, -0.1) is 0 Å². The molecule has 0 heterocycles. The van der Waals surface area contributed by atoms with Crippen LogP contribution in [0.3, 0.4) is 0 Å². The summed E-state index contributed by atoms with van der Waals surface area (Å²) < 4.78 is 0. The molecule has 92 valence electrons. The van der Waals surface area contributed by atoms with Gasteiger partial charge in [0.2, 0.25) is 0 Å². The van der Waals surface area contributed by atoms with E-state index < -0.39 is 0 Å². The molecule has 0 N–H and O–H groups in total. The quantitative estimate of drug-likeness (QED) is 0.572. The van der Waals surface area contributed by atoms with Crippen LogP contribution in [-0.4, -0.2) is 75.6 Å². The van der Waals surface area contributed by atoms with Gasteiger partial charge in [0.15, 0.2) is 0 Å². The van der Waals surface area contributed by atoms with Crippen LogP contribution >= 0.6 is 0 Å². The molecule has 0 saturated heterocycles. The van der Waals surface area contributed by atoms with Crippen molar-refractivity contribution < 1.29 is 0 Å². The van der Waals surface area contributed by atoms with Gasteiger partial charge in [-0.3, -0.25) is 0 Å². The smallest absolute Gasteiger partial charge is 0.000666 e. The van der Waals surface area contributed by atoms with E-state index in [1.807, 2.05) is 0 Å². The third kappa shape index (κ3) is 10.2. The summed E-state index contributed by atoms with van der Waals surface area (Å²) in [5.41, 5.74) is 0. The summed E-state index contributed by atoms with van der Waals surface area (Å²) in [5.74, 6) is 0. The zero-order chi connectivity index (χ0) is 11.7. The highest BCUT2D eigenvalue weighted by molar-refractivity contribution is 4.58. The van der Waals surface area contributed by atoms with E-state index in [0.29, 0.717) is 0 Å². The summed E-state index contributed by atoms with van der Waals surface area (Å²) in [4.78, 5) is 7.06. The van der Waals surface area contributed by atoms with Crippen LogP contribution in [0.25, 0.3) is 0 Å². The summed E-state index contributed by atoms with van der Waals surface area (Å²) in [6, 6.07) is 0. The zero-order valence-corrected chi connectivity index (χ0v) is 11.3. The Hall–Kier alpha value is -0.120. The molecule has 0 saturated carbocycles. The normalized spacial score (nSPS) is 12.0. The van der Waals surface area contributed by atoms with Crippen molar-refractivity contribution in [2.45, 2.75) is 19.8 Å². The van der Waals surface area contributed by atoms with Gasteiger partial charge >= 0.3 is 0 Å². The fourth-order valence-electron chi connectivity index (χ4n) is 1.65. The average Bonchev–Trinajstić information content (AvgIpc) is 2.14. The molecule has 0 bridgehead atoms. The molecule has 0 atom stereocenters. The fourth-order valence-corrected chi connectivity index (χ4v) is 1.65. The van der Waals surface area contributed by atoms with E-state index in [-0.39, 0.29) is 0 Å². The van der Waals surface area contributed by atoms with E-state index in [4.69, 9.17) is 0 Å². The molecule has 0 amide bonds. The second-order valence-electron chi connectivity index (χ2n) is 4.75. The first-order valence-corrected chi connectivity index (χ1v) is 6.08. The van der Waals surface area contributed by atoms with E-state index >= 15 is 0 Å². The SMILES string of the molecule is CCN(CCCN(C)C)CCCN(C)C. The van der Waals surface area contributed by atoms with Crippen LogP contribution in [0, 0.1) is 0 Å². The first kappa shape index (κ1) is 14.9.